The number of Topliss-reactive ketones (excluding diaryl/α,β-unsaturated/α-hetero) is 1. The van der Waals surface area contributed by atoms with Gasteiger partial charge in [0.2, 0.25) is 5.91 Å². The summed E-state index contributed by atoms with van der Waals surface area (Å²) in [5.41, 5.74) is 1.66. The Morgan fingerprint density at radius 2 is 1.69 bits per heavy atom. The van der Waals surface area contributed by atoms with E-state index in [-0.39, 0.29) is 18.2 Å². The Morgan fingerprint density at radius 3 is 2.08 bits per heavy atom. The van der Waals surface area contributed by atoms with E-state index in [4.69, 9.17) is 0 Å². The number of hydrogen-bond acceptors (Lipinski definition) is 2. The Bertz CT molecular complexity index is 237. The molecule has 0 aromatic carbocycles. The molecule has 13 heavy (non-hydrogen) atoms. The molecule has 0 saturated carbocycles. The van der Waals surface area contributed by atoms with Crippen LogP contribution in [0.5, 0.6) is 0 Å². The van der Waals surface area contributed by atoms with Crippen LogP contribution in [0.2, 0.25) is 0 Å². The second kappa shape index (κ2) is 5.51. The first-order chi connectivity index (χ1) is 5.99. The monoisotopic (exact) mass is 183 g/mol. The van der Waals surface area contributed by atoms with Gasteiger partial charge >= 0.3 is 0 Å². The van der Waals surface area contributed by atoms with Crippen LogP contribution in [0.25, 0.3) is 0 Å². The maximum Gasteiger partial charge on any atom is 0.247 e. The molecule has 0 unspecified atom stereocenters. The van der Waals surface area contributed by atoms with Crippen LogP contribution >= 0.6 is 0 Å². The normalized spacial score (nSPS) is 9.23. The van der Waals surface area contributed by atoms with Crippen molar-refractivity contribution in [2.75, 3.05) is 6.54 Å². The first-order valence-corrected chi connectivity index (χ1v) is 4.43. The predicted octanol–water partition coefficient (Wildman–Crippen LogP) is 1.44. The highest BCUT2D eigenvalue weighted by Crippen LogP contribution is 2.00. The summed E-state index contributed by atoms with van der Waals surface area (Å²) in [4.78, 5) is 22.2. The topological polar surface area (TPSA) is 46.2 Å². The average Bonchev–Trinajstić information content (AvgIpc) is 2.11. The standard InChI is InChI=1S/C10H17NO2/c1-5-9(12)6-11-10(13)8(4)7(2)3/h5-6H2,1-4H3,(H,11,13). The van der Waals surface area contributed by atoms with Crippen molar-refractivity contribution in [3.63, 3.8) is 0 Å². The quantitative estimate of drug-likeness (QED) is 0.670. The molecule has 3 nitrogen and oxygen atoms in total. The fourth-order valence-electron chi connectivity index (χ4n) is 0.664. The Morgan fingerprint density at radius 1 is 1.15 bits per heavy atom. The molecule has 0 rings (SSSR count). The van der Waals surface area contributed by atoms with Gasteiger partial charge in [-0.05, 0) is 20.8 Å². The summed E-state index contributed by atoms with van der Waals surface area (Å²) >= 11 is 0. The first-order valence-electron chi connectivity index (χ1n) is 4.43. The van der Waals surface area contributed by atoms with Crippen molar-refractivity contribution in [1.29, 1.82) is 0 Å². The van der Waals surface area contributed by atoms with Gasteiger partial charge in [-0.1, -0.05) is 12.5 Å². The highest BCUT2D eigenvalue weighted by Gasteiger charge is 2.06. The molecule has 74 valence electrons. The minimum atomic E-state index is -0.151. The van der Waals surface area contributed by atoms with E-state index < -0.39 is 0 Å². The molecule has 0 aliphatic heterocycles. The summed E-state index contributed by atoms with van der Waals surface area (Å²) < 4.78 is 0. The Balaban J connectivity index is 4.04. The van der Waals surface area contributed by atoms with E-state index in [1.807, 2.05) is 13.8 Å². The van der Waals surface area contributed by atoms with Crippen molar-refractivity contribution in [3.8, 4) is 0 Å². The summed E-state index contributed by atoms with van der Waals surface area (Å²) in [6.07, 6.45) is 0.466. The van der Waals surface area contributed by atoms with Gasteiger partial charge in [0.25, 0.3) is 0 Å². The van der Waals surface area contributed by atoms with Crippen LogP contribution < -0.4 is 5.32 Å². The van der Waals surface area contributed by atoms with E-state index in [0.29, 0.717) is 12.0 Å². The minimum absolute atomic E-state index is 0.0508. The molecule has 0 saturated heterocycles. The zero-order chi connectivity index (χ0) is 10.4. The zero-order valence-corrected chi connectivity index (χ0v) is 8.73. The van der Waals surface area contributed by atoms with Crippen LogP contribution in [0.4, 0.5) is 0 Å². The third kappa shape index (κ3) is 4.45. The molecule has 0 aliphatic carbocycles. The third-order valence-electron chi connectivity index (χ3n) is 1.93. The number of amides is 1. The highest BCUT2D eigenvalue weighted by molar-refractivity contribution is 5.96. The predicted molar refractivity (Wildman–Crippen MR) is 52.4 cm³/mol. The van der Waals surface area contributed by atoms with Gasteiger partial charge in [-0.15, -0.1) is 0 Å². The summed E-state index contributed by atoms with van der Waals surface area (Å²) in [7, 11) is 0. The van der Waals surface area contributed by atoms with Gasteiger partial charge in [0.05, 0.1) is 6.54 Å². The number of carbonyl (C=O) groups is 2. The van der Waals surface area contributed by atoms with Gasteiger partial charge in [-0.2, -0.15) is 0 Å². The largest absolute Gasteiger partial charge is 0.345 e. The zero-order valence-electron chi connectivity index (χ0n) is 8.73. The molecule has 0 fully saturated rings. The lowest BCUT2D eigenvalue weighted by Gasteiger charge is -2.04. The summed E-state index contributed by atoms with van der Waals surface area (Å²) in [6.45, 7) is 7.41. The smallest absolute Gasteiger partial charge is 0.247 e. The molecule has 0 bridgehead atoms. The van der Waals surface area contributed by atoms with Gasteiger partial charge in [-0.3, -0.25) is 9.59 Å². The van der Waals surface area contributed by atoms with Crippen LogP contribution in [0.1, 0.15) is 34.1 Å². The van der Waals surface area contributed by atoms with Gasteiger partial charge in [0, 0.05) is 12.0 Å². The summed E-state index contributed by atoms with van der Waals surface area (Å²) in [5, 5.41) is 2.57. The average molecular weight is 183 g/mol. The van der Waals surface area contributed by atoms with Gasteiger partial charge in [0.15, 0.2) is 5.78 Å². The van der Waals surface area contributed by atoms with Gasteiger partial charge < -0.3 is 5.32 Å². The molecule has 0 heterocycles. The number of hydrogen-bond donors (Lipinski definition) is 1. The van der Waals surface area contributed by atoms with Crippen molar-refractivity contribution in [1.82, 2.24) is 5.32 Å². The van der Waals surface area contributed by atoms with E-state index >= 15 is 0 Å². The first kappa shape index (κ1) is 11.9. The fraction of sp³-hybridized carbons (Fsp3) is 0.600. The summed E-state index contributed by atoms with van der Waals surface area (Å²) in [5.74, 6) is -0.100. The van der Waals surface area contributed by atoms with Crippen molar-refractivity contribution < 1.29 is 9.59 Å². The second-order valence-corrected chi connectivity index (χ2v) is 3.20. The SMILES string of the molecule is CCC(=O)CNC(=O)C(C)=C(C)C. The van der Waals surface area contributed by atoms with E-state index in [1.54, 1.807) is 13.8 Å². The lowest BCUT2D eigenvalue weighted by Crippen LogP contribution is -2.29. The van der Waals surface area contributed by atoms with Gasteiger partial charge in [-0.25, -0.2) is 0 Å². The van der Waals surface area contributed by atoms with Crippen molar-refractivity contribution in [2.45, 2.75) is 34.1 Å². The number of nitrogens with one attached hydrogen (secondary N) is 1. The molecule has 0 aromatic heterocycles. The number of allylic oxidation sites excluding steroid dienone is 1. The van der Waals surface area contributed by atoms with Crippen molar-refractivity contribution in [3.05, 3.63) is 11.1 Å². The number of carbonyl (C=O) groups excluding carboxylic acids is 2. The Labute approximate surface area is 79.2 Å². The molecule has 1 N–H and O–H groups in total. The number of rotatable bonds is 4. The highest BCUT2D eigenvalue weighted by atomic mass is 16.2. The molecule has 0 radical (unpaired) electrons. The minimum Gasteiger partial charge on any atom is -0.345 e. The van der Waals surface area contributed by atoms with Crippen molar-refractivity contribution >= 4 is 11.7 Å². The fourth-order valence-corrected chi connectivity index (χ4v) is 0.664. The third-order valence-corrected chi connectivity index (χ3v) is 1.93. The Kier molecular flexibility index (Phi) is 5.04. The van der Waals surface area contributed by atoms with Crippen LogP contribution in [0.15, 0.2) is 11.1 Å². The second-order valence-electron chi connectivity index (χ2n) is 3.20. The maximum atomic E-state index is 11.3. The molecule has 0 aliphatic rings. The molecule has 1 amide bonds. The van der Waals surface area contributed by atoms with E-state index in [2.05, 4.69) is 5.32 Å². The maximum absolute atomic E-state index is 11.3. The summed E-state index contributed by atoms with van der Waals surface area (Å²) in [6, 6.07) is 0. The van der Waals surface area contributed by atoms with Gasteiger partial charge in [0.1, 0.15) is 0 Å². The lowest BCUT2D eigenvalue weighted by molar-refractivity contribution is -0.122. The van der Waals surface area contributed by atoms with Crippen LogP contribution in [0.3, 0.4) is 0 Å². The number of ketones is 1. The molecular formula is C10H17NO2. The molecule has 0 spiro atoms. The van der Waals surface area contributed by atoms with Crippen LogP contribution in [-0.4, -0.2) is 18.2 Å². The van der Waals surface area contributed by atoms with E-state index in [9.17, 15) is 9.59 Å². The van der Waals surface area contributed by atoms with E-state index in [0.717, 1.165) is 5.57 Å². The van der Waals surface area contributed by atoms with Crippen LogP contribution in [-0.2, 0) is 9.59 Å². The molecule has 0 aromatic rings. The Hall–Kier alpha value is -1.12. The molecule has 0 atom stereocenters. The molecular weight excluding hydrogens is 166 g/mol. The molecule has 3 heteroatoms. The lowest BCUT2D eigenvalue weighted by atomic mass is 10.1. The van der Waals surface area contributed by atoms with Crippen LogP contribution in [0, 0.1) is 0 Å². The van der Waals surface area contributed by atoms with Crippen molar-refractivity contribution in [2.24, 2.45) is 0 Å². The van der Waals surface area contributed by atoms with E-state index in [1.165, 1.54) is 0 Å².